The van der Waals surface area contributed by atoms with Crippen molar-refractivity contribution in [3.63, 3.8) is 0 Å². The summed E-state index contributed by atoms with van der Waals surface area (Å²) in [5.74, 6) is -0.392. The summed E-state index contributed by atoms with van der Waals surface area (Å²) in [7, 11) is 0. The summed E-state index contributed by atoms with van der Waals surface area (Å²) >= 11 is 6.26. The molecule has 1 aromatic rings. The Morgan fingerprint density at radius 2 is 2.00 bits per heavy atom. The fourth-order valence-electron chi connectivity index (χ4n) is 3.35. The minimum Gasteiger partial charge on any atom is -0.368 e. The molecule has 1 unspecified atom stereocenters. The molecule has 0 radical (unpaired) electrons. The van der Waals surface area contributed by atoms with Crippen molar-refractivity contribution in [2.75, 3.05) is 0 Å². The molecule has 2 saturated heterocycles. The minimum absolute atomic E-state index is 0.00542. The van der Waals surface area contributed by atoms with Crippen molar-refractivity contribution in [2.24, 2.45) is 5.92 Å². The fourth-order valence-corrected chi connectivity index (χ4v) is 3.54. The third-order valence-electron chi connectivity index (χ3n) is 5.27. The van der Waals surface area contributed by atoms with E-state index in [1.165, 1.54) is 0 Å². The second kappa shape index (κ2) is 7.93. The molecule has 0 spiro atoms. The van der Waals surface area contributed by atoms with Crippen LogP contribution in [0.4, 0.5) is 0 Å². The smallest absolute Gasteiger partial charge is 0.190 e. The van der Waals surface area contributed by atoms with Gasteiger partial charge in [0.25, 0.3) is 0 Å². The van der Waals surface area contributed by atoms with Crippen LogP contribution >= 0.6 is 11.6 Å². The van der Waals surface area contributed by atoms with Gasteiger partial charge in [-0.25, -0.2) is 0 Å². The highest BCUT2D eigenvalue weighted by Crippen LogP contribution is 2.43. The molecule has 0 amide bonds. The Hall–Kier alpha value is -0.650. The van der Waals surface area contributed by atoms with Crippen molar-refractivity contribution in [2.45, 2.75) is 84.0 Å². The van der Waals surface area contributed by atoms with E-state index in [0.717, 1.165) is 29.8 Å². The molecule has 0 N–H and O–H groups in total. The number of ether oxygens (including phenoxy) is 4. The van der Waals surface area contributed by atoms with Crippen LogP contribution in [0.1, 0.15) is 52.5 Å². The maximum atomic E-state index is 6.27. The van der Waals surface area contributed by atoms with Gasteiger partial charge in [-0.15, -0.1) is 0 Å². The van der Waals surface area contributed by atoms with Crippen molar-refractivity contribution in [1.29, 1.82) is 0 Å². The van der Waals surface area contributed by atoms with Crippen molar-refractivity contribution in [1.82, 2.24) is 0 Å². The van der Waals surface area contributed by atoms with Gasteiger partial charge >= 0.3 is 0 Å². The third kappa shape index (κ3) is 4.04. The molecule has 0 aromatic heterocycles. The highest BCUT2D eigenvalue weighted by atomic mass is 35.5. The Morgan fingerprint density at radius 3 is 2.68 bits per heavy atom. The van der Waals surface area contributed by atoms with E-state index in [-0.39, 0.29) is 30.5 Å². The molecule has 2 aliphatic heterocycles. The van der Waals surface area contributed by atoms with E-state index in [9.17, 15) is 0 Å². The summed E-state index contributed by atoms with van der Waals surface area (Å²) in [5.41, 5.74) is 0.979. The van der Waals surface area contributed by atoms with Gasteiger partial charge in [0.1, 0.15) is 12.2 Å². The van der Waals surface area contributed by atoms with Gasteiger partial charge < -0.3 is 18.9 Å². The van der Waals surface area contributed by atoms with Crippen LogP contribution in [0, 0.1) is 5.92 Å². The van der Waals surface area contributed by atoms with Crippen LogP contribution in [-0.4, -0.2) is 30.4 Å². The van der Waals surface area contributed by atoms with Crippen molar-refractivity contribution < 1.29 is 18.9 Å². The van der Waals surface area contributed by atoms with Gasteiger partial charge in [0.05, 0.1) is 12.7 Å². The number of hydrogen-bond acceptors (Lipinski definition) is 4. The molecule has 0 aliphatic carbocycles. The largest absolute Gasteiger partial charge is 0.368 e. The quantitative estimate of drug-likeness (QED) is 0.684. The van der Waals surface area contributed by atoms with E-state index in [1.54, 1.807) is 0 Å². The summed E-state index contributed by atoms with van der Waals surface area (Å²) in [5, 5.41) is 0.721. The van der Waals surface area contributed by atoms with Crippen molar-refractivity contribution >= 4 is 11.6 Å². The highest BCUT2D eigenvalue weighted by molar-refractivity contribution is 6.31. The molecule has 5 heteroatoms. The highest BCUT2D eigenvalue weighted by Gasteiger charge is 2.57. The third-order valence-corrected chi connectivity index (χ3v) is 5.64. The van der Waals surface area contributed by atoms with Crippen molar-refractivity contribution in [3.8, 4) is 0 Å². The van der Waals surface area contributed by atoms with Gasteiger partial charge in [-0.3, -0.25) is 0 Å². The van der Waals surface area contributed by atoms with Crippen LogP contribution in [0.15, 0.2) is 24.3 Å². The topological polar surface area (TPSA) is 36.9 Å². The van der Waals surface area contributed by atoms with E-state index >= 15 is 0 Å². The van der Waals surface area contributed by atoms with Gasteiger partial charge in [-0.2, -0.15) is 0 Å². The van der Waals surface area contributed by atoms with E-state index < -0.39 is 5.79 Å². The lowest BCUT2D eigenvalue weighted by molar-refractivity contribution is -0.247. The maximum Gasteiger partial charge on any atom is 0.190 e. The lowest BCUT2D eigenvalue weighted by Gasteiger charge is -2.31. The number of hydrogen-bond donors (Lipinski definition) is 0. The number of halogens is 1. The van der Waals surface area contributed by atoms with Crippen LogP contribution in [0.5, 0.6) is 0 Å². The molecule has 0 saturated carbocycles. The van der Waals surface area contributed by atoms with Crippen LogP contribution in [0.25, 0.3) is 0 Å². The Labute approximate surface area is 155 Å². The second-order valence-corrected chi connectivity index (χ2v) is 7.83. The monoisotopic (exact) mass is 368 g/mol. The molecule has 5 atom stereocenters. The standard InChI is InChI=1S/C20H29ClO4/c1-5-6-11-16-17(22-12-14-9-7-8-10-15(14)21)18-19(23-16)25-20(4,24-18)13(2)3/h7-10,13,16-19H,5-6,11-12H2,1-4H3/t16-,17+,18-,19-,20?/m1/s1. The number of rotatable bonds is 7. The number of unbranched alkanes of at least 4 members (excludes halogenated alkanes) is 1. The predicted octanol–water partition coefficient (Wildman–Crippen LogP) is 4.93. The van der Waals surface area contributed by atoms with E-state index in [0.29, 0.717) is 6.61 Å². The molecular weight excluding hydrogens is 340 g/mol. The summed E-state index contributed by atoms with van der Waals surface area (Å²) in [6, 6.07) is 7.76. The van der Waals surface area contributed by atoms with Gasteiger partial charge in [0.2, 0.25) is 0 Å². The molecule has 2 aliphatic rings. The Morgan fingerprint density at radius 1 is 1.24 bits per heavy atom. The van der Waals surface area contributed by atoms with Crippen LogP contribution in [0.3, 0.4) is 0 Å². The second-order valence-electron chi connectivity index (χ2n) is 7.42. The predicted molar refractivity (Wildman–Crippen MR) is 97.4 cm³/mol. The molecule has 0 bridgehead atoms. The summed E-state index contributed by atoms with van der Waals surface area (Å²) < 4.78 is 24.8. The molecule has 2 fully saturated rings. The zero-order valence-electron chi connectivity index (χ0n) is 15.5. The number of fused-ring (bicyclic) bond motifs is 1. The normalized spacial score (nSPS) is 34.6. The maximum absolute atomic E-state index is 6.27. The first-order chi connectivity index (χ1) is 11.9. The van der Waals surface area contributed by atoms with Crippen LogP contribution in [0.2, 0.25) is 5.02 Å². The number of benzene rings is 1. The lowest BCUT2D eigenvalue weighted by atomic mass is 10.0. The summed E-state index contributed by atoms with van der Waals surface area (Å²) in [6.07, 6.45) is 2.46. The molecule has 1 aromatic carbocycles. The van der Waals surface area contributed by atoms with Gasteiger partial charge in [-0.1, -0.05) is 63.4 Å². The molecule has 140 valence electrons. The molecule has 4 nitrogen and oxygen atoms in total. The van der Waals surface area contributed by atoms with E-state index in [1.807, 2.05) is 31.2 Å². The average molecular weight is 369 g/mol. The first kappa shape index (κ1) is 19.1. The molecular formula is C20H29ClO4. The molecule has 25 heavy (non-hydrogen) atoms. The summed E-state index contributed by atoms with van der Waals surface area (Å²) in [6.45, 7) is 8.79. The van der Waals surface area contributed by atoms with Gasteiger partial charge in [0, 0.05) is 10.9 Å². The van der Waals surface area contributed by atoms with Crippen LogP contribution < -0.4 is 0 Å². The lowest BCUT2D eigenvalue weighted by Crippen LogP contribution is -2.40. The zero-order valence-corrected chi connectivity index (χ0v) is 16.3. The van der Waals surface area contributed by atoms with Gasteiger partial charge in [0.15, 0.2) is 12.1 Å². The van der Waals surface area contributed by atoms with E-state index in [4.69, 9.17) is 30.5 Å². The average Bonchev–Trinajstić information content (AvgIpc) is 3.06. The Balaban J connectivity index is 1.71. The SMILES string of the molecule is CCCC[C@H]1O[C@@H]2OC(C)(C(C)C)O[C@@H]2[C@H]1OCc1ccccc1Cl. The van der Waals surface area contributed by atoms with Crippen molar-refractivity contribution in [3.05, 3.63) is 34.9 Å². The molecule has 2 heterocycles. The van der Waals surface area contributed by atoms with Gasteiger partial charge in [-0.05, 0) is 25.0 Å². The Kier molecular flexibility index (Phi) is 6.07. The Bertz CT molecular complexity index is 579. The first-order valence-electron chi connectivity index (χ1n) is 9.30. The minimum atomic E-state index is -0.628. The van der Waals surface area contributed by atoms with E-state index in [2.05, 4.69) is 20.8 Å². The zero-order chi connectivity index (χ0) is 18.0. The fraction of sp³-hybridized carbons (Fsp3) is 0.700. The summed E-state index contributed by atoms with van der Waals surface area (Å²) in [4.78, 5) is 0. The molecule has 3 rings (SSSR count). The first-order valence-corrected chi connectivity index (χ1v) is 9.68. The van der Waals surface area contributed by atoms with Crippen LogP contribution in [-0.2, 0) is 25.6 Å².